The molecule has 0 aromatic heterocycles. The van der Waals surface area contributed by atoms with E-state index in [2.05, 4.69) is 19.2 Å². The second-order valence-electron chi connectivity index (χ2n) is 9.04. The van der Waals surface area contributed by atoms with Gasteiger partial charge in [-0.2, -0.15) is 0 Å². The molecule has 0 fully saturated rings. The maximum Gasteiger partial charge on any atom is 0.243 e. The van der Waals surface area contributed by atoms with Gasteiger partial charge in [0, 0.05) is 35.3 Å². The van der Waals surface area contributed by atoms with Gasteiger partial charge in [0.2, 0.25) is 11.8 Å². The lowest BCUT2D eigenvalue weighted by molar-refractivity contribution is -0.139. The third-order valence-corrected chi connectivity index (χ3v) is 7.34. The largest absolute Gasteiger partial charge is 0.354 e. The first-order valence-corrected chi connectivity index (χ1v) is 13.9. The summed E-state index contributed by atoms with van der Waals surface area (Å²) < 4.78 is 0. The van der Waals surface area contributed by atoms with Crippen molar-refractivity contribution in [3.8, 4) is 0 Å². The van der Waals surface area contributed by atoms with E-state index in [1.165, 1.54) is 11.8 Å². The summed E-state index contributed by atoms with van der Waals surface area (Å²) in [5, 5.41) is 4.21. The zero-order chi connectivity index (χ0) is 25.9. The Labute approximate surface area is 228 Å². The predicted molar refractivity (Wildman–Crippen MR) is 151 cm³/mol. The van der Waals surface area contributed by atoms with Crippen LogP contribution in [0.15, 0.2) is 78.9 Å². The molecular weight excluding hydrogens is 511 g/mol. The number of nitrogens with one attached hydrogen (secondary N) is 1. The van der Waals surface area contributed by atoms with Gasteiger partial charge in [-0.25, -0.2) is 0 Å². The molecule has 2 amide bonds. The number of thioether (sulfide) groups is 1. The molecule has 3 aromatic carbocycles. The van der Waals surface area contributed by atoms with E-state index in [0.717, 1.165) is 16.7 Å². The zero-order valence-electron chi connectivity index (χ0n) is 20.6. The minimum absolute atomic E-state index is 0.104. The first kappa shape index (κ1) is 28.1. The fourth-order valence-electron chi connectivity index (χ4n) is 3.75. The van der Waals surface area contributed by atoms with Gasteiger partial charge < -0.3 is 10.2 Å². The third-order valence-electron chi connectivity index (χ3n) is 5.69. The van der Waals surface area contributed by atoms with Crippen molar-refractivity contribution >= 4 is 46.8 Å². The predicted octanol–water partition coefficient (Wildman–Crippen LogP) is 6.64. The second kappa shape index (κ2) is 14.3. The topological polar surface area (TPSA) is 49.4 Å². The van der Waals surface area contributed by atoms with Crippen LogP contribution in [-0.2, 0) is 28.3 Å². The number of hydrogen-bond donors (Lipinski definition) is 1. The maximum atomic E-state index is 13.6. The molecule has 1 N–H and O–H groups in total. The lowest BCUT2D eigenvalue weighted by Crippen LogP contribution is -2.51. The third kappa shape index (κ3) is 8.58. The van der Waals surface area contributed by atoms with Crippen molar-refractivity contribution in [3.05, 3.63) is 106 Å². The van der Waals surface area contributed by atoms with E-state index in [1.807, 2.05) is 60.7 Å². The van der Waals surface area contributed by atoms with E-state index in [-0.39, 0.29) is 17.6 Å². The van der Waals surface area contributed by atoms with Crippen molar-refractivity contribution in [3.63, 3.8) is 0 Å². The molecule has 3 rings (SSSR count). The highest BCUT2D eigenvalue weighted by molar-refractivity contribution is 7.99. The minimum atomic E-state index is -0.636. The number of hydrogen-bond acceptors (Lipinski definition) is 3. The van der Waals surface area contributed by atoms with E-state index in [9.17, 15) is 9.59 Å². The summed E-state index contributed by atoms with van der Waals surface area (Å²) in [5.41, 5.74) is 2.78. The van der Waals surface area contributed by atoms with Gasteiger partial charge in [0.15, 0.2) is 0 Å². The Hall–Kier alpha value is -2.47. The van der Waals surface area contributed by atoms with Gasteiger partial charge in [-0.05, 0) is 34.7 Å². The van der Waals surface area contributed by atoms with Gasteiger partial charge in [-0.15, -0.1) is 11.8 Å². The van der Waals surface area contributed by atoms with Crippen LogP contribution in [0, 0.1) is 5.92 Å². The molecule has 36 heavy (non-hydrogen) atoms. The summed E-state index contributed by atoms with van der Waals surface area (Å²) in [6.07, 6.45) is 0.435. The molecule has 0 aliphatic carbocycles. The van der Waals surface area contributed by atoms with E-state index >= 15 is 0 Å². The molecule has 0 saturated carbocycles. The van der Waals surface area contributed by atoms with Crippen LogP contribution < -0.4 is 5.32 Å². The molecule has 0 spiro atoms. The molecule has 3 aromatic rings. The van der Waals surface area contributed by atoms with Gasteiger partial charge in [0.1, 0.15) is 6.04 Å². The molecule has 4 nitrogen and oxygen atoms in total. The number of rotatable bonds is 12. The van der Waals surface area contributed by atoms with Gasteiger partial charge in [0.25, 0.3) is 0 Å². The Morgan fingerprint density at radius 3 is 2.03 bits per heavy atom. The Kier molecular flexibility index (Phi) is 11.2. The average Bonchev–Trinajstić information content (AvgIpc) is 2.87. The molecule has 0 bridgehead atoms. The van der Waals surface area contributed by atoms with Crippen molar-refractivity contribution in [2.45, 2.75) is 38.6 Å². The van der Waals surface area contributed by atoms with Crippen LogP contribution >= 0.6 is 35.0 Å². The Bertz CT molecular complexity index is 1110. The minimum Gasteiger partial charge on any atom is -0.354 e. The summed E-state index contributed by atoms with van der Waals surface area (Å²) in [5.74, 6) is 0.771. The number of amides is 2. The summed E-state index contributed by atoms with van der Waals surface area (Å²) in [4.78, 5) is 28.8. The van der Waals surface area contributed by atoms with Crippen LogP contribution in [-0.4, -0.2) is 35.1 Å². The van der Waals surface area contributed by atoms with Crippen LogP contribution in [0.5, 0.6) is 0 Å². The van der Waals surface area contributed by atoms with E-state index < -0.39 is 6.04 Å². The Balaban J connectivity index is 1.83. The van der Waals surface area contributed by atoms with Gasteiger partial charge in [-0.1, -0.05) is 104 Å². The number of carbonyl (C=O) groups excluding carboxylic acids is 2. The highest BCUT2D eigenvalue weighted by Crippen LogP contribution is 2.28. The second-order valence-corrected chi connectivity index (χ2v) is 10.8. The molecular formula is C29H32Cl2N2O2S. The maximum absolute atomic E-state index is 13.6. The number of carbonyl (C=O) groups is 2. The van der Waals surface area contributed by atoms with Crippen LogP contribution in [0.1, 0.15) is 30.5 Å². The summed E-state index contributed by atoms with van der Waals surface area (Å²) >= 11 is 14.1. The molecule has 1 atom stereocenters. The lowest BCUT2D eigenvalue weighted by atomic mass is 10.0. The summed E-state index contributed by atoms with van der Waals surface area (Å²) in [7, 11) is 0. The van der Waals surface area contributed by atoms with E-state index in [0.29, 0.717) is 41.2 Å². The smallest absolute Gasteiger partial charge is 0.243 e. The van der Waals surface area contributed by atoms with Crippen LogP contribution in [0.3, 0.4) is 0 Å². The highest BCUT2D eigenvalue weighted by atomic mass is 35.5. The summed E-state index contributed by atoms with van der Waals surface area (Å²) in [6, 6.07) is 24.3. The molecule has 0 saturated heterocycles. The van der Waals surface area contributed by atoms with Crippen LogP contribution in [0.4, 0.5) is 0 Å². The average molecular weight is 544 g/mol. The molecule has 1 unspecified atom stereocenters. The highest BCUT2D eigenvalue weighted by Gasteiger charge is 2.30. The lowest BCUT2D eigenvalue weighted by Gasteiger charge is -2.32. The van der Waals surface area contributed by atoms with Crippen molar-refractivity contribution in [1.82, 2.24) is 10.2 Å². The molecule has 0 radical (unpaired) electrons. The first-order chi connectivity index (χ1) is 17.3. The van der Waals surface area contributed by atoms with Crippen molar-refractivity contribution in [2.24, 2.45) is 5.92 Å². The van der Waals surface area contributed by atoms with Crippen molar-refractivity contribution in [1.29, 1.82) is 0 Å². The van der Waals surface area contributed by atoms with E-state index in [1.54, 1.807) is 23.1 Å². The first-order valence-electron chi connectivity index (χ1n) is 12.0. The molecule has 0 aliphatic heterocycles. The molecule has 0 aliphatic rings. The molecule has 190 valence electrons. The number of nitrogens with zero attached hydrogens (tertiary/aromatic N) is 1. The Morgan fingerprint density at radius 1 is 0.861 bits per heavy atom. The quantitative estimate of drug-likeness (QED) is 0.279. The number of halogens is 2. The fraction of sp³-hybridized carbons (Fsp3) is 0.310. The van der Waals surface area contributed by atoms with Crippen molar-refractivity contribution < 1.29 is 9.59 Å². The standard InChI is InChI=1S/C29H32Cl2N2O2S/c1-21(2)17-32-29(35)27(16-22-10-5-3-6-11-22)33(18-23-12-7-4-8-13-23)28(34)20-36-19-24-25(30)14-9-15-26(24)31/h3-15,21,27H,16-20H2,1-2H3,(H,32,35). The normalized spacial score (nSPS) is 11.8. The van der Waals surface area contributed by atoms with Crippen LogP contribution in [0.2, 0.25) is 10.0 Å². The molecule has 7 heteroatoms. The van der Waals surface area contributed by atoms with Gasteiger partial charge in [-0.3, -0.25) is 9.59 Å². The monoisotopic (exact) mass is 542 g/mol. The fourth-order valence-corrected chi connectivity index (χ4v) is 5.40. The SMILES string of the molecule is CC(C)CNC(=O)C(Cc1ccccc1)N(Cc1ccccc1)C(=O)CSCc1c(Cl)cccc1Cl. The van der Waals surface area contributed by atoms with Crippen molar-refractivity contribution in [2.75, 3.05) is 12.3 Å². The zero-order valence-corrected chi connectivity index (χ0v) is 23.0. The number of benzene rings is 3. The van der Waals surface area contributed by atoms with E-state index in [4.69, 9.17) is 23.2 Å². The Morgan fingerprint density at radius 2 is 1.44 bits per heavy atom. The summed E-state index contributed by atoms with van der Waals surface area (Å²) in [6.45, 7) is 5.00. The van der Waals surface area contributed by atoms with Crippen LogP contribution in [0.25, 0.3) is 0 Å². The van der Waals surface area contributed by atoms with Gasteiger partial charge >= 0.3 is 0 Å². The van der Waals surface area contributed by atoms with Gasteiger partial charge in [0.05, 0.1) is 5.75 Å². The molecule has 0 heterocycles.